The molecule has 3 rings (SSSR count). The van der Waals surface area contributed by atoms with Crippen LogP contribution in [0.25, 0.3) is 0 Å². The number of non-ortho nitro benzene ring substituents is 1. The lowest BCUT2D eigenvalue weighted by Gasteiger charge is -2.30. The molecule has 0 amide bonds. The number of Topliss-reactive ketones (excluding diaryl/α,β-unsaturated/α-hetero) is 1. The number of anilines is 1. The van der Waals surface area contributed by atoms with Crippen LogP contribution in [0.4, 0.5) is 15.8 Å². The number of ketones is 1. The van der Waals surface area contributed by atoms with E-state index in [-0.39, 0.29) is 22.6 Å². The predicted molar refractivity (Wildman–Crippen MR) is 104 cm³/mol. The number of methoxy groups -OCH3 is 1. The predicted octanol–water partition coefficient (Wildman–Crippen LogP) is 2.62. The fraction of sp³-hybridized carbons (Fsp3) is 0.300. The van der Waals surface area contributed by atoms with E-state index in [1.54, 1.807) is 0 Å². The molecule has 0 spiro atoms. The van der Waals surface area contributed by atoms with Gasteiger partial charge in [-0.15, -0.1) is 0 Å². The first-order valence-electron chi connectivity index (χ1n) is 9.05. The molecule has 0 aliphatic carbocycles. The molecule has 0 bridgehead atoms. The summed E-state index contributed by atoms with van der Waals surface area (Å²) >= 11 is 0. The van der Waals surface area contributed by atoms with Crippen LogP contribution >= 0.6 is 0 Å². The maximum atomic E-state index is 13.8. The molecule has 0 aromatic heterocycles. The largest absolute Gasteiger partial charge is 0.494 e. The van der Waals surface area contributed by atoms with E-state index in [0.29, 0.717) is 32.0 Å². The highest BCUT2D eigenvalue weighted by Crippen LogP contribution is 2.27. The molecule has 0 N–H and O–H groups in total. The zero-order chi connectivity index (χ0) is 21.7. The van der Waals surface area contributed by atoms with Crippen molar-refractivity contribution in [2.45, 2.75) is 0 Å². The van der Waals surface area contributed by atoms with Crippen molar-refractivity contribution in [3.8, 4) is 5.75 Å². The van der Waals surface area contributed by atoms with Crippen molar-refractivity contribution < 1.29 is 33.1 Å². The molecule has 0 unspecified atom stereocenters. The summed E-state index contributed by atoms with van der Waals surface area (Å²) in [7, 11) is 1.30. The Bertz CT molecular complexity index is 974. The van der Waals surface area contributed by atoms with Crippen LogP contribution in [0.1, 0.15) is 20.7 Å². The van der Waals surface area contributed by atoms with Gasteiger partial charge in [-0.25, -0.2) is 9.18 Å². The number of esters is 1. The Morgan fingerprint density at radius 1 is 1.20 bits per heavy atom. The summed E-state index contributed by atoms with van der Waals surface area (Å²) < 4.78 is 29.0. The molecule has 1 saturated heterocycles. The molecule has 0 saturated carbocycles. The highest BCUT2D eigenvalue weighted by molar-refractivity contribution is 6.01. The van der Waals surface area contributed by atoms with Crippen LogP contribution in [0.2, 0.25) is 0 Å². The summed E-state index contributed by atoms with van der Waals surface area (Å²) in [5, 5.41) is 11.1. The van der Waals surface area contributed by atoms with Gasteiger partial charge in [-0.3, -0.25) is 14.9 Å². The zero-order valence-electron chi connectivity index (χ0n) is 16.1. The van der Waals surface area contributed by atoms with Crippen molar-refractivity contribution in [2.75, 3.05) is 44.9 Å². The van der Waals surface area contributed by atoms with Crippen LogP contribution in [0, 0.1) is 15.9 Å². The summed E-state index contributed by atoms with van der Waals surface area (Å²) in [6, 6.07) is 7.52. The SMILES string of the molecule is COc1ccc(C(=O)COC(=O)c2cc([N+](=O)[O-])ccc2N2CCOCC2)cc1F. The summed E-state index contributed by atoms with van der Waals surface area (Å²) in [4.78, 5) is 37.3. The maximum Gasteiger partial charge on any atom is 0.340 e. The highest BCUT2D eigenvalue weighted by Gasteiger charge is 2.24. The van der Waals surface area contributed by atoms with Gasteiger partial charge in [0.1, 0.15) is 0 Å². The number of benzene rings is 2. The third-order valence-electron chi connectivity index (χ3n) is 4.57. The normalized spacial score (nSPS) is 13.6. The number of carbonyl (C=O) groups excluding carboxylic acids is 2. The van der Waals surface area contributed by atoms with Gasteiger partial charge < -0.3 is 19.1 Å². The van der Waals surface area contributed by atoms with E-state index in [4.69, 9.17) is 14.2 Å². The smallest absolute Gasteiger partial charge is 0.340 e. The third kappa shape index (κ3) is 4.71. The van der Waals surface area contributed by atoms with E-state index < -0.39 is 29.1 Å². The number of nitro benzene ring substituents is 1. The number of ether oxygens (including phenoxy) is 3. The van der Waals surface area contributed by atoms with Crippen molar-refractivity contribution in [3.05, 3.63) is 63.5 Å². The summed E-state index contributed by atoms with van der Waals surface area (Å²) in [6.07, 6.45) is 0. The van der Waals surface area contributed by atoms with E-state index in [9.17, 15) is 24.1 Å². The molecular formula is C20H19FN2O7. The fourth-order valence-electron chi connectivity index (χ4n) is 3.01. The third-order valence-corrected chi connectivity index (χ3v) is 4.57. The van der Waals surface area contributed by atoms with Crippen LogP contribution in [-0.4, -0.2) is 56.7 Å². The van der Waals surface area contributed by atoms with E-state index in [1.165, 1.54) is 31.4 Å². The van der Waals surface area contributed by atoms with Crippen molar-refractivity contribution in [3.63, 3.8) is 0 Å². The number of nitrogens with zero attached hydrogens (tertiary/aromatic N) is 2. The van der Waals surface area contributed by atoms with Crippen LogP contribution < -0.4 is 9.64 Å². The van der Waals surface area contributed by atoms with Crippen molar-refractivity contribution in [1.29, 1.82) is 0 Å². The Morgan fingerprint density at radius 3 is 2.57 bits per heavy atom. The molecule has 30 heavy (non-hydrogen) atoms. The Morgan fingerprint density at radius 2 is 1.93 bits per heavy atom. The van der Waals surface area contributed by atoms with Crippen LogP contribution in [0.5, 0.6) is 5.75 Å². The molecule has 1 aliphatic heterocycles. The lowest BCUT2D eigenvalue weighted by Crippen LogP contribution is -2.37. The van der Waals surface area contributed by atoms with Crippen molar-refractivity contribution in [1.82, 2.24) is 0 Å². The van der Waals surface area contributed by atoms with Crippen LogP contribution in [0.15, 0.2) is 36.4 Å². The summed E-state index contributed by atoms with van der Waals surface area (Å²) in [5.74, 6) is -2.25. The second-order valence-corrected chi connectivity index (χ2v) is 6.41. The highest BCUT2D eigenvalue weighted by atomic mass is 19.1. The van der Waals surface area contributed by atoms with Gasteiger partial charge in [0.05, 0.1) is 36.5 Å². The minimum absolute atomic E-state index is 0.00791. The lowest BCUT2D eigenvalue weighted by molar-refractivity contribution is -0.384. The number of rotatable bonds is 7. The molecule has 10 heteroatoms. The standard InChI is InChI=1S/C20H19FN2O7/c1-28-19-5-2-13(10-16(19)21)18(24)12-30-20(25)15-11-14(23(26)27)3-4-17(15)22-6-8-29-9-7-22/h2-5,10-11H,6-9,12H2,1H3. The van der Waals surface area contributed by atoms with Gasteiger partial charge in [-0.1, -0.05) is 0 Å². The molecule has 2 aromatic rings. The summed E-state index contributed by atoms with van der Waals surface area (Å²) in [5.41, 5.74) is 0.160. The molecule has 1 fully saturated rings. The van der Waals surface area contributed by atoms with E-state index in [2.05, 4.69) is 0 Å². The molecule has 1 aliphatic rings. The van der Waals surface area contributed by atoms with Gasteiger partial charge >= 0.3 is 5.97 Å². The number of nitro groups is 1. The second kappa shape index (κ2) is 9.31. The molecule has 0 atom stereocenters. The number of hydrogen-bond donors (Lipinski definition) is 0. The van der Waals surface area contributed by atoms with Gasteiger partial charge in [0.2, 0.25) is 0 Å². The van der Waals surface area contributed by atoms with Gasteiger partial charge in [-0.2, -0.15) is 0 Å². The van der Waals surface area contributed by atoms with E-state index in [0.717, 1.165) is 12.1 Å². The zero-order valence-corrected chi connectivity index (χ0v) is 16.1. The van der Waals surface area contributed by atoms with Crippen molar-refractivity contribution in [2.24, 2.45) is 0 Å². The molecule has 2 aromatic carbocycles. The topological polar surface area (TPSA) is 108 Å². The monoisotopic (exact) mass is 418 g/mol. The Labute approximate surface area is 171 Å². The Kier molecular flexibility index (Phi) is 6.58. The van der Waals surface area contributed by atoms with Gasteiger partial charge in [0, 0.05) is 30.8 Å². The molecular weight excluding hydrogens is 399 g/mol. The maximum absolute atomic E-state index is 13.8. The minimum Gasteiger partial charge on any atom is -0.494 e. The van der Waals surface area contributed by atoms with Gasteiger partial charge in [0.25, 0.3) is 5.69 Å². The molecule has 1 heterocycles. The molecule has 158 valence electrons. The second-order valence-electron chi connectivity index (χ2n) is 6.41. The number of morpholine rings is 1. The minimum atomic E-state index is -0.887. The van der Waals surface area contributed by atoms with Crippen LogP contribution in [0.3, 0.4) is 0 Å². The average Bonchev–Trinajstić information content (AvgIpc) is 2.77. The van der Waals surface area contributed by atoms with Gasteiger partial charge in [-0.05, 0) is 24.3 Å². The Balaban J connectivity index is 1.78. The van der Waals surface area contributed by atoms with E-state index in [1.807, 2.05) is 4.90 Å². The van der Waals surface area contributed by atoms with E-state index >= 15 is 0 Å². The van der Waals surface area contributed by atoms with Crippen LogP contribution in [-0.2, 0) is 9.47 Å². The summed E-state index contributed by atoms with van der Waals surface area (Å²) in [6.45, 7) is 1.26. The van der Waals surface area contributed by atoms with Crippen molar-refractivity contribution >= 4 is 23.1 Å². The Hall–Kier alpha value is -3.53. The quantitative estimate of drug-likeness (QED) is 0.292. The molecule has 0 radical (unpaired) electrons. The first kappa shape index (κ1) is 21.2. The average molecular weight is 418 g/mol. The number of carbonyl (C=O) groups is 2. The number of hydrogen-bond acceptors (Lipinski definition) is 8. The first-order chi connectivity index (χ1) is 14.4. The van der Waals surface area contributed by atoms with Gasteiger partial charge in [0.15, 0.2) is 24.0 Å². The molecule has 9 nitrogen and oxygen atoms in total. The first-order valence-corrected chi connectivity index (χ1v) is 9.05. The number of halogens is 1. The fourth-order valence-corrected chi connectivity index (χ4v) is 3.01. The lowest BCUT2D eigenvalue weighted by atomic mass is 10.1.